The fraction of sp³-hybridized carbons (Fsp3) is 0.562. The van der Waals surface area contributed by atoms with Gasteiger partial charge in [0.15, 0.2) is 0 Å². The van der Waals surface area contributed by atoms with Gasteiger partial charge in [0.25, 0.3) is 0 Å². The Morgan fingerprint density at radius 1 is 1.19 bits per heavy atom. The van der Waals surface area contributed by atoms with Gasteiger partial charge in [-0.25, -0.2) is 4.98 Å². The van der Waals surface area contributed by atoms with E-state index in [0.717, 1.165) is 22.9 Å². The van der Waals surface area contributed by atoms with Crippen molar-refractivity contribution in [2.45, 2.75) is 59.2 Å². The fourth-order valence-electron chi connectivity index (χ4n) is 1.94. The van der Waals surface area contributed by atoms with E-state index in [4.69, 9.17) is 9.31 Å². The molecule has 21 heavy (non-hydrogen) atoms. The van der Waals surface area contributed by atoms with E-state index in [0.29, 0.717) is 0 Å². The molecule has 4 nitrogen and oxygen atoms in total. The summed E-state index contributed by atoms with van der Waals surface area (Å²) in [5, 5.41) is 1.06. The Hall–Kier alpha value is -1.33. The van der Waals surface area contributed by atoms with Crippen molar-refractivity contribution >= 4 is 23.6 Å². The van der Waals surface area contributed by atoms with Crippen molar-refractivity contribution in [3.05, 3.63) is 24.5 Å². The van der Waals surface area contributed by atoms with E-state index in [2.05, 4.69) is 36.8 Å². The smallest absolute Gasteiger partial charge is 0.403 e. The Morgan fingerprint density at radius 2 is 1.90 bits per heavy atom. The molecule has 0 atom stereocenters. The Labute approximate surface area is 127 Å². The number of H-pyrrole nitrogens is 1. The molecule has 2 rings (SSSR count). The van der Waals surface area contributed by atoms with Crippen LogP contribution in [0.2, 0.25) is 0 Å². The lowest BCUT2D eigenvalue weighted by molar-refractivity contribution is 0.0295. The third kappa shape index (κ3) is 4.32. The summed E-state index contributed by atoms with van der Waals surface area (Å²) < 4.78 is 12.3. The third-order valence-electron chi connectivity index (χ3n) is 3.43. The molecule has 0 radical (unpaired) electrons. The minimum absolute atomic E-state index is 0.247. The lowest BCUT2D eigenvalue weighted by Gasteiger charge is -2.32. The highest BCUT2D eigenvalue weighted by Gasteiger charge is 2.33. The molecule has 114 valence electrons. The summed E-state index contributed by atoms with van der Waals surface area (Å²) >= 11 is 0. The van der Waals surface area contributed by atoms with E-state index >= 15 is 0 Å². The van der Waals surface area contributed by atoms with E-state index in [1.165, 1.54) is 0 Å². The summed E-state index contributed by atoms with van der Waals surface area (Å²) in [7, 11) is -0.424. The lowest BCUT2D eigenvalue weighted by Crippen LogP contribution is -2.47. The van der Waals surface area contributed by atoms with Crippen LogP contribution in [0.15, 0.2) is 24.5 Å². The first kappa shape index (κ1) is 16.1. The van der Waals surface area contributed by atoms with E-state index in [9.17, 15) is 0 Å². The average Bonchev–Trinajstić information content (AvgIpc) is 2.83. The van der Waals surface area contributed by atoms with Gasteiger partial charge in [-0.2, -0.15) is 0 Å². The number of pyridine rings is 1. The molecule has 0 unspecified atom stereocenters. The van der Waals surface area contributed by atoms with Crippen LogP contribution in [0.4, 0.5) is 0 Å². The monoisotopic (exact) mass is 288 g/mol. The summed E-state index contributed by atoms with van der Waals surface area (Å²) in [4.78, 5) is 7.53. The molecule has 0 aromatic carbocycles. The maximum atomic E-state index is 6.20. The van der Waals surface area contributed by atoms with Crippen LogP contribution in [0, 0.1) is 0 Å². The van der Waals surface area contributed by atoms with Crippen LogP contribution in [0.1, 0.15) is 48.0 Å². The Kier molecular flexibility index (Phi) is 4.44. The zero-order valence-corrected chi connectivity index (χ0v) is 13.9. The van der Waals surface area contributed by atoms with Crippen molar-refractivity contribution in [1.29, 1.82) is 0 Å². The SMILES string of the molecule is CCC(C)(C)OB(OC(C)(C)C)c1cnc2[nH]ccc2c1. The van der Waals surface area contributed by atoms with Gasteiger partial charge in [-0.3, -0.25) is 0 Å². The molecular weight excluding hydrogens is 263 g/mol. The summed E-state index contributed by atoms with van der Waals surface area (Å²) in [6.45, 7) is 12.4. The second-order valence-corrected chi connectivity index (χ2v) is 6.98. The molecule has 0 bridgehead atoms. The molecule has 1 N–H and O–H groups in total. The standard InChI is InChI=1S/C16H25BN2O2/c1-7-16(5,6)21-17(20-15(2,3)4)13-10-12-8-9-18-14(12)19-11-13/h8-11H,7H2,1-6H3,(H,18,19). The molecule has 0 aliphatic heterocycles. The van der Waals surface area contributed by atoms with Gasteiger partial charge < -0.3 is 14.3 Å². The summed E-state index contributed by atoms with van der Waals surface area (Å²) in [6, 6.07) is 4.08. The van der Waals surface area contributed by atoms with Crippen LogP contribution in [0.3, 0.4) is 0 Å². The van der Waals surface area contributed by atoms with Crippen molar-refractivity contribution in [3.8, 4) is 0 Å². The normalized spacial score (nSPS) is 12.9. The van der Waals surface area contributed by atoms with E-state index in [-0.39, 0.29) is 11.2 Å². The largest absolute Gasteiger partial charge is 0.496 e. The average molecular weight is 288 g/mol. The number of rotatable bonds is 5. The molecule has 5 heteroatoms. The van der Waals surface area contributed by atoms with E-state index in [1.54, 1.807) is 0 Å². The molecular formula is C16H25BN2O2. The first-order chi connectivity index (χ1) is 9.70. The zero-order chi connectivity index (χ0) is 15.7. The number of hydrogen-bond acceptors (Lipinski definition) is 3. The van der Waals surface area contributed by atoms with Gasteiger partial charge in [-0.15, -0.1) is 0 Å². The summed E-state index contributed by atoms with van der Waals surface area (Å²) in [6.07, 6.45) is 4.62. The molecule has 2 aromatic heterocycles. The molecule has 0 amide bonds. The molecule has 0 fully saturated rings. The number of hydrogen-bond donors (Lipinski definition) is 1. The maximum Gasteiger partial charge on any atom is 0.496 e. The van der Waals surface area contributed by atoms with Crippen LogP contribution >= 0.6 is 0 Å². The highest BCUT2D eigenvalue weighted by molar-refractivity contribution is 6.61. The number of aromatic amines is 1. The number of fused-ring (bicyclic) bond motifs is 1. The predicted octanol–water partition coefficient (Wildman–Crippen LogP) is 3.28. The molecule has 0 spiro atoms. The Bertz CT molecular complexity index is 602. The molecule has 0 aliphatic rings. The second kappa shape index (κ2) is 5.81. The Balaban J connectivity index is 2.32. The molecule has 0 saturated heterocycles. The van der Waals surface area contributed by atoms with Crippen molar-refractivity contribution in [3.63, 3.8) is 0 Å². The van der Waals surface area contributed by atoms with Crippen LogP contribution < -0.4 is 5.46 Å². The van der Waals surface area contributed by atoms with Gasteiger partial charge >= 0.3 is 7.12 Å². The molecule has 2 heterocycles. The van der Waals surface area contributed by atoms with Gasteiger partial charge in [0.2, 0.25) is 0 Å². The van der Waals surface area contributed by atoms with Crippen molar-refractivity contribution in [1.82, 2.24) is 9.97 Å². The van der Waals surface area contributed by atoms with Crippen molar-refractivity contribution in [2.24, 2.45) is 0 Å². The van der Waals surface area contributed by atoms with Crippen molar-refractivity contribution in [2.75, 3.05) is 0 Å². The second-order valence-electron chi connectivity index (χ2n) is 6.98. The summed E-state index contributed by atoms with van der Waals surface area (Å²) in [5.41, 5.74) is 1.28. The topological polar surface area (TPSA) is 47.1 Å². The minimum atomic E-state index is -0.424. The highest BCUT2D eigenvalue weighted by atomic mass is 16.6. The molecule has 0 aliphatic carbocycles. The third-order valence-corrected chi connectivity index (χ3v) is 3.43. The Morgan fingerprint density at radius 3 is 2.52 bits per heavy atom. The van der Waals surface area contributed by atoms with Crippen LogP contribution in [-0.4, -0.2) is 28.3 Å². The van der Waals surface area contributed by atoms with Gasteiger partial charge in [0.1, 0.15) is 5.65 Å². The van der Waals surface area contributed by atoms with E-state index in [1.807, 2.05) is 39.2 Å². The van der Waals surface area contributed by atoms with Crippen LogP contribution in [-0.2, 0) is 9.31 Å². The highest BCUT2D eigenvalue weighted by Crippen LogP contribution is 2.19. The first-order valence-corrected chi connectivity index (χ1v) is 7.49. The fourth-order valence-corrected chi connectivity index (χ4v) is 1.94. The van der Waals surface area contributed by atoms with Crippen LogP contribution in [0.25, 0.3) is 11.0 Å². The zero-order valence-electron chi connectivity index (χ0n) is 13.9. The quantitative estimate of drug-likeness (QED) is 0.859. The predicted molar refractivity (Wildman–Crippen MR) is 87.8 cm³/mol. The summed E-state index contributed by atoms with van der Waals surface area (Å²) in [5.74, 6) is 0. The van der Waals surface area contributed by atoms with E-state index < -0.39 is 7.12 Å². The number of aromatic nitrogens is 2. The molecule has 2 aromatic rings. The van der Waals surface area contributed by atoms with Crippen molar-refractivity contribution < 1.29 is 9.31 Å². The number of nitrogens with one attached hydrogen (secondary N) is 1. The molecule has 0 saturated carbocycles. The van der Waals surface area contributed by atoms with Gasteiger partial charge in [-0.05, 0) is 53.2 Å². The first-order valence-electron chi connectivity index (χ1n) is 7.49. The van der Waals surface area contributed by atoms with Crippen LogP contribution in [0.5, 0.6) is 0 Å². The van der Waals surface area contributed by atoms with Gasteiger partial charge in [0.05, 0.1) is 0 Å². The maximum absolute atomic E-state index is 6.20. The lowest BCUT2D eigenvalue weighted by atomic mass is 9.77. The van der Waals surface area contributed by atoms with Gasteiger partial charge in [-0.1, -0.05) is 6.92 Å². The minimum Gasteiger partial charge on any atom is -0.403 e. The van der Waals surface area contributed by atoms with Gasteiger partial charge in [0, 0.05) is 34.4 Å². The number of nitrogens with zero attached hydrogens (tertiary/aromatic N) is 1.